The Labute approximate surface area is 72.2 Å². The van der Waals surface area contributed by atoms with Crippen LogP contribution in [0.15, 0.2) is 18.3 Å². The molecule has 0 aliphatic rings. The molecule has 11 heavy (non-hydrogen) atoms. The molecule has 1 aromatic heterocycles. The van der Waals surface area contributed by atoms with Crippen molar-refractivity contribution in [1.82, 2.24) is 4.98 Å². The summed E-state index contributed by atoms with van der Waals surface area (Å²) in [6.45, 7) is 0. The molecular weight excluding hydrogens is 210 g/mol. The van der Waals surface area contributed by atoms with Crippen LogP contribution in [0.5, 0.6) is 0 Å². The Bertz CT molecular complexity index is 258. The van der Waals surface area contributed by atoms with Gasteiger partial charge in [-0.3, -0.25) is 4.98 Å². The highest BCUT2D eigenvalue weighted by Gasteiger charge is 2.01. The van der Waals surface area contributed by atoms with E-state index < -0.39 is 5.97 Å². The molecule has 0 unspecified atom stereocenters. The average molecular weight is 216 g/mol. The van der Waals surface area contributed by atoms with E-state index in [1.807, 2.05) is 0 Å². The van der Waals surface area contributed by atoms with Gasteiger partial charge in [0.15, 0.2) is 0 Å². The Kier molecular flexibility index (Phi) is 2.59. The first-order valence-electron chi connectivity index (χ1n) is 2.98. The van der Waals surface area contributed by atoms with Crippen LogP contribution in [0.1, 0.15) is 16.1 Å². The highest BCUT2D eigenvalue weighted by molar-refractivity contribution is 9.08. The third-order valence-electron chi connectivity index (χ3n) is 1.21. The molecule has 0 saturated heterocycles. The number of pyridine rings is 1. The second kappa shape index (κ2) is 3.48. The fourth-order valence-electron chi connectivity index (χ4n) is 0.630. The van der Waals surface area contributed by atoms with Crippen LogP contribution in [0, 0.1) is 0 Å². The minimum absolute atomic E-state index is 0.217. The molecule has 4 heteroatoms. The van der Waals surface area contributed by atoms with Crippen LogP contribution in [0.3, 0.4) is 0 Å². The third-order valence-corrected chi connectivity index (χ3v) is 1.78. The number of rotatable bonds is 2. The zero-order valence-electron chi connectivity index (χ0n) is 5.62. The predicted molar refractivity (Wildman–Crippen MR) is 43.8 cm³/mol. The molecule has 0 aromatic carbocycles. The monoisotopic (exact) mass is 215 g/mol. The number of carboxylic acid groups (broad SMARTS) is 1. The number of aromatic carboxylic acids is 1. The SMILES string of the molecule is O=C(O)c1ccc(CBr)nc1. The topological polar surface area (TPSA) is 50.2 Å². The van der Waals surface area contributed by atoms with Crippen LogP contribution in [0.25, 0.3) is 0 Å². The Balaban J connectivity index is 2.91. The Hall–Kier alpha value is -0.900. The van der Waals surface area contributed by atoms with Gasteiger partial charge >= 0.3 is 5.97 Å². The molecular formula is C7H6BrNO2. The summed E-state index contributed by atoms with van der Waals surface area (Å²) in [6, 6.07) is 3.21. The number of halogens is 1. The summed E-state index contributed by atoms with van der Waals surface area (Å²) < 4.78 is 0. The maximum absolute atomic E-state index is 10.3. The van der Waals surface area contributed by atoms with Gasteiger partial charge in [-0.1, -0.05) is 15.9 Å². The van der Waals surface area contributed by atoms with Crippen LogP contribution in [0.2, 0.25) is 0 Å². The van der Waals surface area contributed by atoms with Gasteiger partial charge in [0.2, 0.25) is 0 Å². The minimum atomic E-state index is -0.946. The van der Waals surface area contributed by atoms with E-state index in [-0.39, 0.29) is 5.56 Å². The quantitative estimate of drug-likeness (QED) is 0.765. The van der Waals surface area contributed by atoms with E-state index in [9.17, 15) is 4.79 Å². The summed E-state index contributed by atoms with van der Waals surface area (Å²) in [5, 5.41) is 9.14. The van der Waals surface area contributed by atoms with Crippen LogP contribution in [-0.2, 0) is 5.33 Å². The van der Waals surface area contributed by atoms with Gasteiger partial charge in [-0.05, 0) is 12.1 Å². The minimum Gasteiger partial charge on any atom is -0.478 e. The molecule has 0 aliphatic heterocycles. The molecule has 0 fully saturated rings. The number of carboxylic acids is 1. The largest absolute Gasteiger partial charge is 0.478 e. The number of nitrogens with zero attached hydrogens (tertiary/aromatic N) is 1. The van der Waals surface area contributed by atoms with Crippen molar-refractivity contribution in [2.24, 2.45) is 0 Å². The van der Waals surface area contributed by atoms with Gasteiger partial charge in [0, 0.05) is 11.5 Å². The molecule has 0 saturated carbocycles. The van der Waals surface area contributed by atoms with E-state index >= 15 is 0 Å². The molecule has 1 heterocycles. The third kappa shape index (κ3) is 2.01. The molecule has 58 valence electrons. The average Bonchev–Trinajstić information content (AvgIpc) is 2.05. The fourth-order valence-corrected chi connectivity index (χ4v) is 0.962. The van der Waals surface area contributed by atoms with Crippen molar-refractivity contribution in [2.45, 2.75) is 5.33 Å². The normalized spacial score (nSPS) is 9.55. The first-order chi connectivity index (χ1) is 5.24. The van der Waals surface area contributed by atoms with E-state index in [1.54, 1.807) is 6.07 Å². The Morgan fingerprint density at radius 1 is 1.64 bits per heavy atom. The highest BCUT2D eigenvalue weighted by atomic mass is 79.9. The lowest BCUT2D eigenvalue weighted by molar-refractivity contribution is 0.0696. The summed E-state index contributed by atoms with van der Waals surface area (Å²) in [5.41, 5.74) is 1.05. The summed E-state index contributed by atoms with van der Waals surface area (Å²) in [4.78, 5) is 14.2. The van der Waals surface area contributed by atoms with Crippen molar-refractivity contribution >= 4 is 21.9 Å². The number of aromatic nitrogens is 1. The molecule has 3 nitrogen and oxygen atoms in total. The zero-order chi connectivity index (χ0) is 8.27. The summed E-state index contributed by atoms with van der Waals surface area (Å²) >= 11 is 3.21. The first-order valence-corrected chi connectivity index (χ1v) is 4.10. The highest BCUT2D eigenvalue weighted by Crippen LogP contribution is 2.03. The van der Waals surface area contributed by atoms with Crippen molar-refractivity contribution in [1.29, 1.82) is 0 Å². The van der Waals surface area contributed by atoms with Gasteiger partial charge in [-0.2, -0.15) is 0 Å². The molecule has 0 spiro atoms. The van der Waals surface area contributed by atoms with Gasteiger partial charge in [0.25, 0.3) is 0 Å². The van der Waals surface area contributed by atoms with Crippen LogP contribution < -0.4 is 0 Å². The fraction of sp³-hybridized carbons (Fsp3) is 0.143. The Morgan fingerprint density at radius 2 is 2.36 bits per heavy atom. The standard InChI is InChI=1S/C7H6BrNO2/c8-3-6-2-1-5(4-9-6)7(10)11/h1-2,4H,3H2,(H,10,11). The molecule has 0 bridgehead atoms. The van der Waals surface area contributed by atoms with Gasteiger partial charge in [0.05, 0.1) is 11.3 Å². The number of alkyl halides is 1. The van der Waals surface area contributed by atoms with Crippen molar-refractivity contribution in [3.05, 3.63) is 29.6 Å². The summed E-state index contributed by atoms with van der Waals surface area (Å²) in [5.74, 6) is -0.946. The Morgan fingerprint density at radius 3 is 2.73 bits per heavy atom. The van der Waals surface area contributed by atoms with E-state index in [4.69, 9.17) is 5.11 Å². The molecule has 0 aliphatic carbocycles. The van der Waals surface area contributed by atoms with E-state index in [0.717, 1.165) is 5.69 Å². The molecule has 1 rings (SSSR count). The van der Waals surface area contributed by atoms with Crippen molar-refractivity contribution in [3.8, 4) is 0 Å². The molecule has 0 radical (unpaired) electrons. The van der Waals surface area contributed by atoms with Crippen molar-refractivity contribution in [3.63, 3.8) is 0 Å². The lowest BCUT2D eigenvalue weighted by Gasteiger charge is -1.94. The second-order valence-electron chi connectivity index (χ2n) is 1.98. The van der Waals surface area contributed by atoms with Crippen molar-refractivity contribution in [2.75, 3.05) is 0 Å². The maximum Gasteiger partial charge on any atom is 0.337 e. The first kappa shape index (κ1) is 8.20. The molecule has 1 aromatic rings. The summed E-state index contributed by atoms with van der Waals surface area (Å²) in [6.07, 6.45) is 1.35. The summed E-state index contributed by atoms with van der Waals surface area (Å²) in [7, 11) is 0. The van der Waals surface area contributed by atoms with Crippen LogP contribution in [-0.4, -0.2) is 16.1 Å². The smallest absolute Gasteiger partial charge is 0.337 e. The maximum atomic E-state index is 10.3. The van der Waals surface area contributed by atoms with Gasteiger partial charge < -0.3 is 5.11 Å². The van der Waals surface area contributed by atoms with Crippen LogP contribution in [0.4, 0.5) is 0 Å². The number of hydrogen-bond acceptors (Lipinski definition) is 2. The van der Waals surface area contributed by atoms with E-state index in [1.165, 1.54) is 12.3 Å². The van der Waals surface area contributed by atoms with Gasteiger partial charge in [0.1, 0.15) is 0 Å². The number of carbonyl (C=O) groups is 1. The predicted octanol–water partition coefficient (Wildman–Crippen LogP) is 1.67. The molecule has 0 atom stereocenters. The second-order valence-corrected chi connectivity index (χ2v) is 2.54. The van der Waals surface area contributed by atoms with Crippen molar-refractivity contribution < 1.29 is 9.90 Å². The zero-order valence-corrected chi connectivity index (χ0v) is 7.21. The lowest BCUT2D eigenvalue weighted by Crippen LogP contribution is -1.97. The van der Waals surface area contributed by atoms with Gasteiger partial charge in [-0.25, -0.2) is 4.79 Å². The van der Waals surface area contributed by atoms with E-state index in [2.05, 4.69) is 20.9 Å². The molecule has 0 amide bonds. The molecule has 1 N–H and O–H groups in total. The van der Waals surface area contributed by atoms with Gasteiger partial charge in [-0.15, -0.1) is 0 Å². The number of hydrogen-bond donors (Lipinski definition) is 1. The lowest BCUT2D eigenvalue weighted by atomic mass is 10.2. The van der Waals surface area contributed by atoms with E-state index in [0.29, 0.717) is 5.33 Å². The van der Waals surface area contributed by atoms with Crippen LogP contribution >= 0.6 is 15.9 Å².